The fourth-order valence-electron chi connectivity index (χ4n) is 5.50. The molecule has 1 aromatic heterocycles. The highest BCUT2D eigenvalue weighted by atomic mass is 19.1. The molecule has 2 saturated carbocycles. The third kappa shape index (κ3) is 5.35. The normalized spacial score (nSPS) is 17.6. The number of aromatic nitrogens is 2. The van der Waals surface area contributed by atoms with Crippen LogP contribution in [0.25, 0.3) is 10.9 Å². The minimum absolute atomic E-state index is 0.00970. The van der Waals surface area contributed by atoms with Crippen molar-refractivity contribution < 1.29 is 14.3 Å². The Morgan fingerprint density at radius 1 is 1.12 bits per heavy atom. The Hall–Kier alpha value is -2.68. The quantitative estimate of drug-likeness (QED) is 0.577. The minimum atomic E-state index is -0.929. The standard InChI is InChI=1S/C25H35FN4O4/c1-28(16-23(31)32)12-7-13-29-24(33)19-14-20(26)21(27-17-8-3-2-4-9-17)15-22(19)30(25(29)34)18-10-5-6-11-18/h14-15,17-18,27H,2-13,16H2,1H3,(H,31,32). The lowest BCUT2D eigenvalue weighted by Gasteiger charge is -2.25. The third-order valence-electron chi connectivity index (χ3n) is 7.24. The van der Waals surface area contributed by atoms with Gasteiger partial charge in [0.2, 0.25) is 0 Å². The van der Waals surface area contributed by atoms with Crippen LogP contribution >= 0.6 is 0 Å². The summed E-state index contributed by atoms with van der Waals surface area (Å²) in [6, 6.07) is 3.13. The summed E-state index contributed by atoms with van der Waals surface area (Å²) in [6.45, 7) is 0.479. The summed E-state index contributed by atoms with van der Waals surface area (Å²) >= 11 is 0. The molecule has 8 nitrogen and oxygen atoms in total. The minimum Gasteiger partial charge on any atom is -0.480 e. The van der Waals surface area contributed by atoms with E-state index in [0.717, 1.165) is 51.4 Å². The van der Waals surface area contributed by atoms with E-state index in [9.17, 15) is 14.4 Å². The highest BCUT2D eigenvalue weighted by molar-refractivity contribution is 5.82. The number of halogens is 1. The molecular weight excluding hydrogens is 439 g/mol. The predicted octanol–water partition coefficient (Wildman–Crippen LogP) is 3.57. The van der Waals surface area contributed by atoms with Crippen LogP contribution in [0.4, 0.5) is 10.1 Å². The maximum Gasteiger partial charge on any atom is 0.331 e. The Morgan fingerprint density at radius 2 is 1.79 bits per heavy atom. The number of hydrogen-bond donors (Lipinski definition) is 2. The summed E-state index contributed by atoms with van der Waals surface area (Å²) in [5.41, 5.74) is 0.0117. The van der Waals surface area contributed by atoms with Crippen LogP contribution in [0.3, 0.4) is 0 Å². The molecule has 9 heteroatoms. The van der Waals surface area contributed by atoms with Crippen molar-refractivity contribution in [3.8, 4) is 0 Å². The largest absolute Gasteiger partial charge is 0.480 e. The first-order chi connectivity index (χ1) is 16.3. The zero-order chi connectivity index (χ0) is 24.2. The van der Waals surface area contributed by atoms with Crippen LogP contribution in [0, 0.1) is 5.82 Å². The lowest BCUT2D eigenvalue weighted by molar-refractivity contribution is -0.138. The Labute approximate surface area is 198 Å². The zero-order valence-corrected chi connectivity index (χ0v) is 19.9. The SMILES string of the molecule is CN(CCCn1c(=O)c2cc(F)c(NC3CCCCC3)cc2n(C2CCCC2)c1=O)CC(=O)O. The van der Waals surface area contributed by atoms with Crippen LogP contribution in [0.15, 0.2) is 21.7 Å². The van der Waals surface area contributed by atoms with Gasteiger partial charge in [-0.15, -0.1) is 0 Å². The summed E-state index contributed by atoms with van der Waals surface area (Å²) < 4.78 is 18.0. The molecule has 0 atom stereocenters. The number of fused-ring (bicyclic) bond motifs is 1. The van der Waals surface area contributed by atoms with Gasteiger partial charge in [0, 0.05) is 25.2 Å². The molecule has 0 saturated heterocycles. The van der Waals surface area contributed by atoms with Crippen LogP contribution in [-0.4, -0.2) is 51.3 Å². The number of aliphatic carboxylic acids is 1. The molecule has 2 fully saturated rings. The monoisotopic (exact) mass is 474 g/mol. The molecule has 0 aliphatic heterocycles. The molecule has 186 valence electrons. The summed E-state index contributed by atoms with van der Waals surface area (Å²) in [5, 5.41) is 12.5. The molecule has 4 rings (SSSR count). The van der Waals surface area contributed by atoms with Crippen molar-refractivity contribution in [3.63, 3.8) is 0 Å². The van der Waals surface area contributed by atoms with Gasteiger partial charge >= 0.3 is 11.7 Å². The van der Waals surface area contributed by atoms with Gasteiger partial charge in [-0.25, -0.2) is 9.18 Å². The summed E-state index contributed by atoms with van der Waals surface area (Å²) in [6.07, 6.45) is 9.62. The Kier molecular flexibility index (Phi) is 7.70. The number of rotatable bonds is 9. The number of anilines is 1. The van der Waals surface area contributed by atoms with Crippen LogP contribution in [0.5, 0.6) is 0 Å². The van der Waals surface area contributed by atoms with E-state index < -0.39 is 17.3 Å². The zero-order valence-electron chi connectivity index (χ0n) is 19.9. The fraction of sp³-hybridized carbons (Fsp3) is 0.640. The smallest absolute Gasteiger partial charge is 0.331 e. The first-order valence-electron chi connectivity index (χ1n) is 12.5. The van der Waals surface area contributed by atoms with E-state index >= 15 is 4.39 Å². The first-order valence-corrected chi connectivity index (χ1v) is 12.5. The molecule has 0 bridgehead atoms. The molecule has 0 spiro atoms. The molecule has 0 radical (unpaired) electrons. The average molecular weight is 475 g/mol. The van der Waals surface area contributed by atoms with E-state index in [1.165, 1.54) is 17.1 Å². The first kappa shape index (κ1) is 24.4. The lowest BCUT2D eigenvalue weighted by Crippen LogP contribution is -2.42. The van der Waals surface area contributed by atoms with Crippen molar-refractivity contribution >= 4 is 22.6 Å². The van der Waals surface area contributed by atoms with E-state index in [-0.39, 0.29) is 36.2 Å². The average Bonchev–Trinajstić information content (AvgIpc) is 3.32. The number of carboxylic acid groups (broad SMARTS) is 1. The Bertz CT molecular complexity index is 1150. The predicted molar refractivity (Wildman–Crippen MR) is 130 cm³/mol. The number of nitrogens with one attached hydrogen (secondary N) is 1. The molecule has 2 aromatic rings. The molecule has 0 amide bonds. The van der Waals surface area contributed by atoms with Gasteiger partial charge in [0.25, 0.3) is 5.56 Å². The molecule has 2 aliphatic rings. The maximum atomic E-state index is 15.1. The van der Waals surface area contributed by atoms with Crippen LogP contribution in [0.1, 0.15) is 70.3 Å². The van der Waals surface area contributed by atoms with E-state index in [2.05, 4.69) is 5.32 Å². The third-order valence-corrected chi connectivity index (χ3v) is 7.24. The number of likely N-dealkylation sites (N-methyl/N-ethyl adjacent to an activating group) is 1. The van der Waals surface area contributed by atoms with Gasteiger partial charge in [-0.3, -0.25) is 23.6 Å². The van der Waals surface area contributed by atoms with Crippen molar-refractivity contribution in [2.45, 2.75) is 82.8 Å². The van der Waals surface area contributed by atoms with E-state index in [0.29, 0.717) is 24.2 Å². The van der Waals surface area contributed by atoms with E-state index in [4.69, 9.17) is 5.11 Å². The fourth-order valence-corrected chi connectivity index (χ4v) is 5.50. The Morgan fingerprint density at radius 3 is 2.47 bits per heavy atom. The van der Waals surface area contributed by atoms with Crippen molar-refractivity contribution in [2.75, 3.05) is 25.5 Å². The van der Waals surface area contributed by atoms with Crippen LogP contribution in [0.2, 0.25) is 0 Å². The number of benzene rings is 1. The van der Waals surface area contributed by atoms with Crippen molar-refractivity contribution in [1.29, 1.82) is 0 Å². The van der Waals surface area contributed by atoms with Crippen molar-refractivity contribution in [3.05, 3.63) is 38.8 Å². The second-order valence-electron chi connectivity index (χ2n) is 9.86. The highest BCUT2D eigenvalue weighted by Crippen LogP contribution is 2.32. The van der Waals surface area contributed by atoms with Gasteiger partial charge in [-0.2, -0.15) is 0 Å². The van der Waals surface area contributed by atoms with Gasteiger partial charge in [0.1, 0.15) is 5.82 Å². The molecule has 1 aromatic carbocycles. The van der Waals surface area contributed by atoms with Crippen molar-refractivity contribution in [2.24, 2.45) is 0 Å². The van der Waals surface area contributed by atoms with Gasteiger partial charge in [0.15, 0.2) is 0 Å². The van der Waals surface area contributed by atoms with Gasteiger partial charge < -0.3 is 10.4 Å². The molecule has 2 N–H and O–H groups in total. The van der Waals surface area contributed by atoms with Gasteiger partial charge in [-0.05, 0) is 51.3 Å². The Balaban J connectivity index is 1.71. The highest BCUT2D eigenvalue weighted by Gasteiger charge is 2.25. The van der Waals surface area contributed by atoms with Crippen molar-refractivity contribution in [1.82, 2.24) is 14.0 Å². The van der Waals surface area contributed by atoms with Gasteiger partial charge in [0.05, 0.1) is 23.1 Å². The maximum absolute atomic E-state index is 15.1. The topological polar surface area (TPSA) is 96.6 Å². The number of carboxylic acids is 1. The van der Waals surface area contributed by atoms with Gasteiger partial charge in [-0.1, -0.05) is 32.1 Å². The molecule has 34 heavy (non-hydrogen) atoms. The summed E-state index contributed by atoms with van der Waals surface area (Å²) in [7, 11) is 1.68. The molecule has 1 heterocycles. The van der Waals surface area contributed by atoms with Crippen LogP contribution in [-0.2, 0) is 11.3 Å². The second-order valence-corrected chi connectivity index (χ2v) is 9.86. The lowest BCUT2D eigenvalue weighted by atomic mass is 9.95. The van der Waals surface area contributed by atoms with E-state index in [1.54, 1.807) is 22.6 Å². The number of hydrogen-bond acceptors (Lipinski definition) is 5. The number of nitrogens with zero attached hydrogens (tertiary/aromatic N) is 3. The van der Waals surface area contributed by atoms with Crippen LogP contribution < -0.4 is 16.6 Å². The molecule has 0 unspecified atom stereocenters. The number of carbonyl (C=O) groups is 1. The second kappa shape index (κ2) is 10.7. The summed E-state index contributed by atoms with van der Waals surface area (Å²) in [4.78, 5) is 39.3. The van der Waals surface area contributed by atoms with E-state index in [1.807, 2.05) is 0 Å². The molecule has 2 aliphatic carbocycles. The molecular formula is C25H35FN4O4. The summed E-state index contributed by atoms with van der Waals surface area (Å²) in [5.74, 6) is -1.40.